The summed E-state index contributed by atoms with van der Waals surface area (Å²) in [6.07, 6.45) is 2.34. The summed E-state index contributed by atoms with van der Waals surface area (Å²) < 4.78 is 0. The van der Waals surface area contributed by atoms with Crippen molar-refractivity contribution in [1.29, 1.82) is 0 Å². The first-order chi connectivity index (χ1) is 17.0. The van der Waals surface area contributed by atoms with Gasteiger partial charge < -0.3 is 10.6 Å². The van der Waals surface area contributed by atoms with E-state index in [1.165, 1.54) is 0 Å². The van der Waals surface area contributed by atoms with Crippen LogP contribution in [-0.2, 0) is 14.4 Å². The average Bonchev–Trinajstić information content (AvgIpc) is 2.86. The highest BCUT2D eigenvalue weighted by Gasteiger charge is 2.31. The first-order valence-electron chi connectivity index (χ1n) is 12.0. The van der Waals surface area contributed by atoms with Gasteiger partial charge in [0, 0.05) is 69.0 Å². The van der Waals surface area contributed by atoms with E-state index in [2.05, 4.69) is 20.4 Å². The van der Waals surface area contributed by atoms with Gasteiger partial charge in [0.2, 0.25) is 5.91 Å². The van der Waals surface area contributed by atoms with Crippen LogP contribution in [0.25, 0.3) is 0 Å². The summed E-state index contributed by atoms with van der Waals surface area (Å²) in [4.78, 5) is 41.9. The van der Waals surface area contributed by atoms with E-state index in [0.717, 1.165) is 44.0 Å². The molecule has 2 aromatic rings. The van der Waals surface area contributed by atoms with Crippen molar-refractivity contribution in [3.63, 3.8) is 0 Å². The monoisotopic (exact) mass is 494 g/mol. The number of carbonyl (C=O) groups is 3. The molecule has 8 heteroatoms. The van der Waals surface area contributed by atoms with Crippen LogP contribution in [0.15, 0.2) is 66.4 Å². The lowest BCUT2D eigenvalue weighted by molar-refractivity contribution is -0.124. The number of hydrogen-bond donors (Lipinski definition) is 2. The molecule has 1 aliphatic heterocycles. The first-order valence-corrected chi connectivity index (χ1v) is 12.4. The Bertz CT molecular complexity index is 1040. The van der Waals surface area contributed by atoms with Gasteiger partial charge in [-0.15, -0.1) is 0 Å². The van der Waals surface area contributed by atoms with Crippen LogP contribution in [-0.4, -0.2) is 73.1 Å². The van der Waals surface area contributed by atoms with E-state index in [0.29, 0.717) is 31.0 Å². The highest BCUT2D eigenvalue weighted by atomic mass is 35.5. The van der Waals surface area contributed by atoms with Crippen LogP contribution < -0.4 is 10.6 Å². The van der Waals surface area contributed by atoms with Crippen LogP contribution in [0.4, 0.5) is 5.69 Å². The van der Waals surface area contributed by atoms with E-state index in [1.54, 1.807) is 30.5 Å². The minimum absolute atomic E-state index is 0.0297. The number of amides is 1. The lowest BCUT2D eigenvalue weighted by Crippen LogP contribution is -2.49. The molecule has 1 heterocycles. The third kappa shape index (κ3) is 7.24. The Morgan fingerprint density at radius 1 is 0.914 bits per heavy atom. The lowest BCUT2D eigenvalue weighted by Gasteiger charge is -2.34. The van der Waals surface area contributed by atoms with E-state index in [1.807, 2.05) is 30.3 Å². The van der Waals surface area contributed by atoms with Crippen LogP contribution in [0, 0.1) is 0 Å². The zero-order valence-corrected chi connectivity index (χ0v) is 20.5. The number of carbonyl (C=O) groups excluding carboxylic acids is 3. The van der Waals surface area contributed by atoms with Crippen LogP contribution >= 0.6 is 11.6 Å². The summed E-state index contributed by atoms with van der Waals surface area (Å²) >= 11 is 5.88. The molecule has 7 nitrogen and oxygen atoms in total. The molecule has 2 aromatic carbocycles. The summed E-state index contributed by atoms with van der Waals surface area (Å²) in [6.45, 7) is 5.17. The second-order valence-electron chi connectivity index (χ2n) is 9.05. The molecule has 2 fully saturated rings. The van der Waals surface area contributed by atoms with E-state index in [-0.39, 0.29) is 29.0 Å². The smallest absolute Gasteiger partial charge is 0.238 e. The standard InChI is InChI=1S/C27H31ClN4O3/c28-22-6-8-23(9-7-22)30-27(35)19-32-14-12-31(13-15-32)11-10-29-18-24-25(33)16-21(17-26(24)34)20-4-2-1-3-5-20/h1-9,18,21,29H,10-17,19H2,(H,30,35). The van der Waals surface area contributed by atoms with Gasteiger partial charge in [-0.05, 0) is 35.7 Å². The molecule has 0 unspecified atom stereocenters. The van der Waals surface area contributed by atoms with E-state index < -0.39 is 0 Å². The number of allylic oxidation sites excluding steroid dienone is 1. The Morgan fingerprint density at radius 3 is 2.20 bits per heavy atom. The maximum Gasteiger partial charge on any atom is 0.238 e. The summed E-state index contributed by atoms with van der Waals surface area (Å²) in [6, 6.07) is 16.8. The van der Waals surface area contributed by atoms with Gasteiger partial charge in [-0.1, -0.05) is 41.9 Å². The minimum Gasteiger partial charge on any atom is -0.389 e. The van der Waals surface area contributed by atoms with Crippen molar-refractivity contribution in [3.05, 3.63) is 77.0 Å². The van der Waals surface area contributed by atoms with Crippen LogP contribution in [0.2, 0.25) is 5.02 Å². The Labute approximate surface area is 211 Å². The fourth-order valence-electron chi connectivity index (χ4n) is 4.52. The van der Waals surface area contributed by atoms with Gasteiger partial charge in [0.25, 0.3) is 0 Å². The zero-order valence-electron chi connectivity index (χ0n) is 19.7. The van der Waals surface area contributed by atoms with Gasteiger partial charge in [0.15, 0.2) is 11.6 Å². The molecular formula is C27H31ClN4O3. The van der Waals surface area contributed by atoms with E-state index in [4.69, 9.17) is 11.6 Å². The first kappa shape index (κ1) is 25.1. The van der Waals surface area contributed by atoms with Gasteiger partial charge in [0.1, 0.15) is 0 Å². The van der Waals surface area contributed by atoms with Crippen molar-refractivity contribution in [2.24, 2.45) is 0 Å². The molecule has 0 radical (unpaired) electrons. The number of nitrogens with zero attached hydrogens (tertiary/aromatic N) is 2. The van der Waals surface area contributed by atoms with Crippen molar-refractivity contribution >= 4 is 34.8 Å². The molecule has 1 amide bonds. The number of halogens is 1. The van der Waals surface area contributed by atoms with Crippen molar-refractivity contribution in [2.75, 3.05) is 51.1 Å². The average molecular weight is 495 g/mol. The summed E-state index contributed by atoms with van der Waals surface area (Å²) in [5.74, 6) is -0.246. The largest absolute Gasteiger partial charge is 0.389 e. The maximum absolute atomic E-state index is 12.6. The molecule has 1 saturated carbocycles. The Kier molecular flexibility index (Phi) is 8.69. The van der Waals surface area contributed by atoms with Crippen molar-refractivity contribution < 1.29 is 14.4 Å². The highest BCUT2D eigenvalue weighted by Crippen LogP contribution is 2.31. The summed E-state index contributed by atoms with van der Waals surface area (Å²) in [5.41, 5.74) is 2.07. The van der Waals surface area contributed by atoms with E-state index >= 15 is 0 Å². The number of anilines is 1. The normalized spacial score (nSPS) is 19.5. The molecule has 0 bridgehead atoms. The zero-order chi connectivity index (χ0) is 24.6. The number of nitrogens with one attached hydrogen (secondary N) is 2. The fourth-order valence-corrected chi connectivity index (χ4v) is 4.65. The predicted molar refractivity (Wildman–Crippen MR) is 137 cm³/mol. The van der Waals surface area contributed by atoms with Gasteiger partial charge in [-0.25, -0.2) is 0 Å². The molecule has 4 rings (SSSR count). The number of benzene rings is 2. The molecule has 1 aliphatic carbocycles. The van der Waals surface area contributed by atoms with Crippen molar-refractivity contribution in [3.8, 4) is 0 Å². The number of Topliss-reactive ketones (excluding diaryl/α,β-unsaturated/α-hetero) is 2. The third-order valence-corrected chi connectivity index (χ3v) is 6.77. The number of piperazine rings is 1. The predicted octanol–water partition coefficient (Wildman–Crippen LogP) is 3.09. The highest BCUT2D eigenvalue weighted by molar-refractivity contribution is 6.30. The fraction of sp³-hybridized carbons (Fsp3) is 0.370. The summed E-state index contributed by atoms with van der Waals surface area (Å²) in [7, 11) is 0. The number of rotatable bonds is 8. The van der Waals surface area contributed by atoms with Crippen molar-refractivity contribution in [2.45, 2.75) is 18.8 Å². The van der Waals surface area contributed by atoms with Gasteiger partial charge in [-0.2, -0.15) is 0 Å². The SMILES string of the molecule is O=C(CN1CCN(CCNC=C2C(=O)CC(c3ccccc3)CC2=O)CC1)Nc1ccc(Cl)cc1. The molecule has 0 spiro atoms. The number of hydrogen-bond acceptors (Lipinski definition) is 6. The molecule has 35 heavy (non-hydrogen) atoms. The number of ketones is 2. The molecule has 2 aliphatic rings. The molecule has 184 valence electrons. The van der Waals surface area contributed by atoms with Gasteiger partial charge in [0.05, 0.1) is 12.1 Å². The minimum atomic E-state index is -0.0897. The second-order valence-corrected chi connectivity index (χ2v) is 9.48. The molecule has 2 N–H and O–H groups in total. The third-order valence-electron chi connectivity index (χ3n) is 6.51. The molecule has 0 aromatic heterocycles. The summed E-state index contributed by atoms with van der Waals surface area (Å²) in [5, 5.41) is 6.69. The van der Waals surface area contributed by atoms with Crippen molar-refractivity contribution in [1.82, 2.24) is 15.1 Å². The maximum atomic E-state index is 12.6. The van der Waals surface area contributed by atoms with Crippen LogP contribution in [0.1, 0.15) is 24.3 Å². The Balaban J connectivity index is 1.14. The van der Waals surface area contributed by atoms with E-state index in [9.17, 15) is 14.4 Å². The van der Waals surface area contributed by atoms with Crippen LogP contribution in [0.5, 0.6) is 0 Å². The Morgan fingerprint density at radius 2 is 1.54 bits per heavy atom. The topological polar surface area (TPSA) is 81.8 Å². The molecule has 0 atom stereocenters. The quantitative estimate of drug-likeness (QED) is 0.333. The van der Waals surface area contributed by atoms with Gasteiger partial charge >= 0.3 is 0 Å². The Hall–Kier alpha value is -3.00. The molecule has 1 saturated heterocycles. The molecular weight excluding hydrogens is 464 g/mol. The lowest BCUT2D eigenvalue weighted by atomic mass is 9.80. The van der Waals surface area contributed by atoms with Crippen LogP contribution in [0.3, 0.4) is 0 Å². The van der Waals surface area contributed by atoms with Gasteiger partial charge in [-0.3, -0.25) is 24.2 Å². The second kappa shape index (κ2) is 12.1.